The van der Waals surface area contributed by atoms with Gasteiger partial charge < -0.3 is 0 Å². The zero-order chi connectivity index (χ0) is 17.8. The van der Waals surface area contributed by atoms with E-state index in [1.54, 1.807) is 12.3 Å². The third kappa shape index (κ3) is 2.82. The van der Waals surface area contributed by atoms with E-state index in [9.17, 15) is 18.0 Å². The number of alkyl halides is 2. The third-order valence-electron chi connectivity index (χ3n) is 5.97. The first kappa shape index (κ1) is 16.8. The van der Waals surface area contributed by atoms with Crippen molar-refractivity contribution in [2.45, 2.75) is 37.5 Å². The summed E-state index contributed by atoms with van der Waals surface area (Å²) in [4.78, 5) is 15.3. The van der Waals surface area contributed by atoms with E-state index in [1.807, 2.05) is 6.07 Å². The number of benzene rings is 1. The normalized spacial score (nSPS) is 29.1. The second-order valence-electron chi connectivity index (χ2n) is 7.32. The van der Waals surface area contributed by atoms with Gasteiger partial charge in [-0.15, -0.1) is 0 Å². The summed E-state index contributed by atoms with van der Waals surface area (Å²) in [5.41, 5.74) is 1.78. The fourth-order valence-electron chi connectivity index (χ4n) is 4.82. The van der Waals surface area contributed by atoms with Gasteiger partial charge in [-0.25, -0.2) is 4.39 Å². The molecule has 2 fully saturated rings. The van der Waals surface area contributed by atoms with Crippen LogP contribution in [0.3, 0.4) is 0 Å². The number of aromatic nitrogens is 1. The second-order valence-corrected chi connectivity index (χ2v) is 7.66. The molecule has 2 aromatic rings. The summed E-state index contributed by atoms with van der Waals surface area (Å²) < 4.78 is 41.4. The van der Waals surface area contributed by atoms with E-state index in [-0.39, 0.29) is 23.6 Å². The van der Waals surface area contributed by atoms with E-state index in [0.717, 1.165) is 29.3 Å². The Morgan fingerprint density at radius 3 is 2.44 bits per heavy atom. The Balaban J connectivity index is 1.56. The van der Waals surface area contributed by atoms with Crippen LogP contribution in [0.1, 0.15) is 37.2 Å². The number of hydrogen-bond donors (Lipinski definition) is 0. The van der Waals surface area contributed by atoms with Crippen molar-refractivity contribution in [3.05, 3.63) is 41.8 Å². The first-order valence-corrected chi connectivity index (χ1v) is 8.86. The maximum atomic E-state index is 13.9. The van der Waals surface area contributed by atoms with Gasteiger partial charge in [0.2, 0.25) is 0 Å². The molecule has 0 saturated heterocycles. The van der Waals surface area contributed by atoms with Crippen LogP contribution >= 0.6 is 11.6 Å². The highest BCUT2D eigenvalue weighted by Crippen LogP contribution is 2.56. The molecule has 3 unspecified atom stereocenters. The van der Waals surface area contributed by atoms with Crippen LogP contribution in [0.5, 0.6) is 0 Å². The summed E-state index contributed by atoms with van der Waals surface area (Å²) in [6, 6.07) is 6.45. The molecule has 4 atom stereocenters. The van der Waals surface area contributed by atoms with E-state index in [2.05, 4.69) is 4.98 Å². The molecule has 1 aromatic heterocycles. The highest BCUT2D eigenvalue weighted by atomic mass is 35.5. The summed E-state index contributed by atoms with van der Waals surface area (Å²) in [7, 11) is 0. The molecule has 2 aliphatic rings. The molecule has 25 heavy (non-hydrogen) atoms. The van der Waals surface area contributed by atoms with Crippen LogP contribution in [0.25, 0.3) is 10.9 Å². The standard InChI is InChI=1S/C19H17ClF3NO/c20-18(25)19(22,23)13-7-10-5-12(6-11(10)8-13)15-3-4-24-17-2-1-14(21)9-16(15)17/h1-4,9-13H,5-8H2/t10-,11?,12?,13?/m1/s1. The fraction of sp³-hybridized carbons (Fsp3) is 0.474. The Hall–Kier alpha value is -1.62. The van der Waals surface area contributed by atoms with Crippen LogP contribution in [0.15, 0.2) is 30.5 Å². The van der Waals surface area contributed by atoms with Gasteiger partial charge in [-0.3, -0.25) is 9.78 Å². The number of hydrogen-bond acceptors (Lipinski definition) is 2. The number of fused-ring (bicyclic) bond motifs is 2. The Bertz CT molecular complexity index is 827. The number of carbonyl (C=O) groups excluding carboxylic acids is 1. The Morgan fingerprint density at radius 1 is 1.12 bits per heavy atom. The first-order chi connectivity index (χ1) is 11.9. The number of rotatable bonds is 3. The SMILES string of the molecule is O=C(Cl)C(F)(F)C1CC2CC(c3ccnc4ccc(F)cc34)C[C@@H]2C1. The van der Waals surface area contributed by atoms with Crippen molar-refractivity contribution in [3.63, 3.8) is 0 Å². The van der Waals surface area contributed by atoms with Crippen molar-refractivity contribution in [1.29, 1.82) is 0 Å². The van der Waals surface area contributed by atoms with Crippen LogP contribution in [-0.2, 0) is 4.79 Å². The molecule has 0 amide bonds. The van der Waals surface area contributed by atoms with Crippen molar-refractivity contribution < 1.29 is 18.0 Å². The Labute approximate surface area is 148 Å². The molecule has 132 valence electrons. The summed E-state index contributed by atoms with van der Waals surface area (Å²) in [5, 5.41) is -0.755. The van der Waals surface area contributed by atoms with Gasteiger partial charge in [-0.1, -0.05) is 0 Å². The van der Waals surface area contributed by atoms with E-state index in [0.29, 0.717) is 12.8 Å². The van der Waals surface area contributed by atoms with E-state index in [4.69, 9.17) is 11.6 Å². The lowest BCUT2D eigenvalue weighted by molar-refractivity contribution is -0.142. The van der Waals surface area contributed by atoms with Gasteiger partial charge >= 0.3 is 5.92 Å². The molecule has 6 heteroatoms. The minimum absolute atomic E-state index is 0.161. The van der Waals surface area contributed by atoms with Crippen LogP contribution in [0.2, 0.25) is 0 Å². The fourth-order valence-corrected chi connectivity index (χ4v) is 4.98. The van der Waals surface area contributed by atoms with Gasteiger partial charge in [0.05, 0.1) is 5.52 Å². The highest BCUT2D eigenvalue weighted by molar-refractivity contribution is 6.65. The number of halogens is 4. The predicted octanol–water partition coefficient (Wildman–Crippen LogP) is 5.29. The Morgan fingerprint density at radius 2 is 1.80 bits per heavy atom. The Kier molecular flexibility index (Phi) is 4.02. The second kappa shape index (κ2) is 5.97. The molecule has 0 bridgehead atoms. The number of carbonyl (C=O) groups is 1. The van der Waals surface area contributed by atoms with E-state index >= 15 is 0 Å². The average molecular weight is 368 g/mol. The lowest BCUT2D eigenvalue weighted by Gasteiger charge is -2.21. The van der Waals surface area contributed by atoms with Crippen molar-refractivity contribution in [2.75, 3.05) is 0 Å². The molecule has 0 aliphatic heterocycles. The molecule has 0 N–H and O–H groups in total. The summed E-state index contributed by atoms with van der Waals surface area (Å²) >= 11 is 5.08. The molecule has 0 spiro atoms. The third-order valence-corrected chi connectivity index (χ3v) is 6.22. The van der Waals surface area contributed by atoms with Gasteiger partial charge in [0, 0.05) is 17.5 Å². The minimum Gasteiger partial charge on any atom is -0.274 e. The van der Waals surface area contributed by atoms with Gasteiger partial charge in [-0.2, -0.15) is 8.78 Å². The van der Waals surface area contributed by atoms with Crippen molar-refractivity contribution in [2.24, 2.45) is 17.8 Å². The summed E-state index contributed by atoms with van der Waals surface area (Å²) in [5.74, 6) is -4.17. The quantitative estimate of drug-likeness (QED) is 0.689. The maximum Gasteiger partial charge on any atom is 0.322 e. The topological polar surface area (TPSA) is 30.0 Å². The maximum absolute atomic E-state index is 13.9. The molecule has 2 nitrogen and oxygen atoms in total. The number of nitrogens with zero attached hydrogens (tertiary/aromatic N) is 1. The minimum atomic E-state index is -3.44. The largest absolute Gasteiger partial charge is 0.322 e. The van der Waals surface area contributed by atoms with Crippen molar-refractivity contribution >= 4 is 27.7 Å². The zero-order valence-corrected chi connectivity index (χ0v) is 14.1. The molecule has 4 rings (SSSR count). The average Bonchev–Trinajstić information content (AvgIpc) is 3.13. The number of pyridine rings is 1. The van der Waals surface area contributed by atoms with Gasteiger partial charge in [0.1, 0.15) is 5.82 Å². The molecule has 2 saturated carbocycles. The molecule has 2 aliphatic carbocycles. The van der Waals surface area contributed by atoms with Gasteiger partial charge in [-0.05, 0) is 84.9 Å². The van der Waals surface area contributed by atoms with Crippen molar-refractivity contribution in [3.8, 4) is 0 Å². The van der Waals surface area contributed by atoms with Gasteiger partial charge in [0.15, 0.2) is 0 Å². The molecule has 0 radical (unpaired) electrons. The summed E-state index contributed by atoms with van der Waals surface area (Å²) in [6.45, 7) is 0. The van der Waals surface area contributed by atoms with Crippen LogP contribution < -0.4 is 0 Å². The molecular weight excluding hydrogens is 351 g/mol. The summed E-state index contributed by atoms with van der Waals surface area (Å²) in [6.07, 6.45) is 3.92. The van der Waals surface area contributed by atoms with Crippen LogP contribution in [0, 0.1) is 23.6 Å². The monoisotopic (exact) mass is 367 g/mol. The van der Waals surface area contributed by atoms with Gasteiger partial charge in [0.25, 0.3) is 5.24 Å². The lowest BCUT2D eigenvalue weighted by atomic mass is 9.89. The van der Waals surface area contributed by atoms with E-state index < -0.39 is 17.1 Å². The van der Waals surface area contributed by atoms with E-state index in [1.165, 1.54) is 12.1 Å². The van der Waals surface area contributed by atoms with Crippen molar-refractivity contribution in [1.82, 2.24) is 4.98 Å². The molecule has 1 aromatic carbocycles. The molecule has 1 heterocycles. The first-order valence-electron chi connectivity index (χ1n) is 8.48. The molecular formula is C19H17ClF3NO. The van der Waals surface area contributed by atoms with Crippen LogP contribution in [-0.4, -0.2) is 16.1 Å². The smallest absolute Gasteiger partial charge is 0.274 e. The highest BCUT2D eigenvalue weighted by Gasteiger charge is 2.54. The van der Waals surface area contributed by atoms with Crippen LogP contribution in [0.4, 0.5) is 13.2 Å². The predicted molar refractivity (Wildman–Crippen MR) is 89.2 cm³/mol. The lowest BCUT2D eigenvalue weighted by Crippen LogP contribution is -2.33. The zero-order valence-electron chi connectivity index (χ0n) is 13.4.